The molecule has 0 aliphatic carbocycles. The maximum Gasteiger partial charge on any atom is 0.0387 e. The Balaban J connectivity index is 2.62. The van der Waals surface area contributed by atoms with Crippen LogP contribution in [-0.4, -0.2) is 5.38 Å². The van der Waals surface area contributed by atoms with E-state index in [0.29, 0.717) is 0 Å². The summed E-state index contributed by atoms with van der Waals surface area (Å²) in [5.41, 5.74) is 4.35. The Hall–Kier alpha value is -0.490. The lowest BCUT2D eigenvalue weighted by atomic mass is 9.87. The van der Waals surface area contributed by atoms with E-state index in [0.717, 1.165) is 12.8 Å². The van der Waals surface area contributed by atoms with Gasteiger partial charge in [-0.2, -0.15) is 0 Å². The van der Waals surface area contributed by atoms with Gasteiger partial charge in [0.1, 0.15) is 0 Å². The van der Waals surface area contributed by atoms with Crippen molar-refractivity contribution in [2.75, 3.05) is 0 Å². The topological polar surface area (TPSA) is 0 Å². The monoisotopic (exact) mass is 238 g/mol. The Morgan fingerprint density at radius 3 is 2.31 bits per heavy atom. The zero-order valence-corrected chi connectivity index (χ0v) is 11.9. The average molecular weight is 239 g/mol. The Kier molecular flexibility index (Phi) is 4.43. The number of hydrogen-bond donors (Lipinski definition) is 0. The lowest BCUT2D eigenvalue weighted by Gasteiger charge is -2.25. The molecule has 1 unspecified atom stereocenters. The minimum atomic E-state index is 0.195. The smallest absolute Gasteiger partial charge is 0.0387 e. The third-order valence-corrected chi connectivity index (χ3v) is 3.98. The standard InChI is InChI=1S/C15H23Cl/c1-11-6-7-13(12(2)10-11)8-9-14(16)15(3,4)5/h6-7,10,14H,8-9H2,1-5H3. The van der Waals surface area contributed by atoms with E-state index in [1.165, 1.54) is 16.7 Å². The molecule has 1 heteroatoms. The van der Waals surface area contributed by atoms with Crippen LogP contribution in [-0.2, 0) is 6.42 Å². The van der Waals surface area contributed by atoms with Crippen LogP contribution in [0.4, 0.5) is 0 Å². The van der Waals surface area contributed by atoms with Crippen LogP contribution in [0.25, 0.3) is 0 Å². The van der Waals surface area contributed by atoms with Crippen molar-refractivity contribution in [3.63, 3.8) is 0 Å². The van der Waals surface area contributed by atoms with E-state index in [9.17, 15) is 0 Å². The molecule has 0 fully saturated rings. The second-order valence-corrected chi connectivity index (χ2v) is 6.33. The fraction of sp³-hybridized carbons (Fsp3) is 0.600. The molecule has 0 amide bonds. The second-order valence-electron chi connectivity index (χ2n) is 5.80. The summed E-state index contributed by atoms with van der Waals surface area (Å²) in [4.78, 5) is 0. The van der Waals surface area contributed by atoms with Gasteiger partial charge in [0, 0.05) is 5.38 Å². The lowest BCUT2D eigenvalue weighted by Crippen LogP contribution is -2.21. The summed E-state index contributed by atoms with van der Waals surface area (Å²) < 4.78 is 0. The van der Waals surface area contributed by atoms with Crippen molar-refractivity contribution >= 4 is 11.6 Å². The van der Waals surface area contributed by atoms with Crippen molar-refractivity contribution in [3.8, 4) is 0 Å². The Labute approximate surface area is 105 Å². The van der Waals surface area contributed by atoms with E-state index in [1.807, 2.05) is 0 Å². The number of benzene rings is 1. The van der Waals surface area contributed by atoms with Crippen molar-refractivity contribution in [1.29, 1.82) is 0 Å². The molecule has 1 rings (SSSR count). The average Bonchev–Trinajstić information content (AvgIpc) is 2.14. The zero-order valence-electron chi connectivity index (χ0n) is 11.1. The summed E-state index contributed by atoms with van der Waals surface area (Å²) in [6.45, 7) is 10.9. The molecular formula is C15H23Cl. The molecule has 0 radical (unpaired) electrons. The van der Waals surface area contributed by atoms with Crippen LogP contribution in [0.3, 0.4) is 0 Å². The summed E-state index contributed by atoms with van der Waals surface area (Å²) in [6.07, 6.45) is 2.13. The molecule has 90 valence electrons. The summed E-state index contributed by atoms with van der Waals surface area (Å²) in [5.74, 6) is 0. The van der Waals surface area contributed by atoms with E-state index in [-0.39, 0.29) is 10.8 Å². The predicted molar refractivity (Wildman–Crippen MR) is 73.3 cm³/mol. The van der Waals surface area contributed by atoms with Gasteiger partial charge >= 0.3 is 0 Å². The first-order chi connectivity index (χ1) is 7.30. The summed E-state index contributed by atoms with van der Waals surface area (Å²) in [5, 5.41) is 0.244. The van der Waals surface area contributed by atoms with Crippen LogP contribution < -0.4 is 0 Å². The van der Waals surface area contributed by atoms with Crippen LogP contribution in [0.5, 0.6) is 0 Å². The third-order valence-electron chi connectivity index (χ3n) is 3.10. The van der Waals surface area contributed by atoms with Crippen molar-refractivity contribution in [3.05, 3.63) is 34.9 Å². The first-order valence-corrected chi connectivity index (χ1v) is 6.44. The van der Waals surface area contributed by atoms with Crippen molar-refractivity contribution in [2.45, 2.75) is 52.8 Å². The van der Waals surface area contributed by atoms with Crippen molar-refractivity contribution < 1.29 is 0 Å². The van der Waals surface area contributed by atoms with Gasteiger partial charge in [0.15, 0.2) is 0 Å². The first kappa shape index (κ1) is 13.6. The predicted octanol–water partition coefficient (Wildman–Crippen LogP) is 4.89. The maximum atomic E-state index is 6.39. The number of hydrogen-bond acceptors (Lipinski definition) is 0. The Bertz CT molecular complexity index is 347. The van der Waals surface area contributed by atoms with Gasteiger partial charge in [-0.3, -0.25) is 0 Å². The molecule has 1 aromatic rings. The molecule has 0 spiro atoms. The molecule has 0 aromatic heterocycles. The third kappa shape index (κ3) is 3.83. The summed E-state index contributed by atoms with van der Waals surface area (Å²) >= 11 is 6.39. The normalized spacial score (nSPS) is 13.9. The number of aryl methyl sites for hydroxylation is 3. The lowest BCUT2D eigenvalue weighted by molar-refractivity contribution is 0.374. The Morgan fingerprint density at radius 2 is 1.81 bits per heavy atom. The van der Waals surface area contributed by atoms with Gasteiger partial charge in [-0.25, -0.2) is 0 Å². The fourth-order valence-corrected chi connectivity index (χ4v) is 1.95. The van der Waals surface area contributed by atoms with Gasteiger partial charge in [0.25, 0.3) is 0 Å². The highest BCUT2D eigenvalue weighted by molar-refractivity contribution is 6.21. The summed E-state index contributed by atoms with van der Waals surface area (Å²) in [6, 6.07) is 6.66. The van der Waals surface area contributed by atoms with Crippen LogP contribution >= 0.6 is 11.6 Å². The zero-order chi connectivity index (χ0) is 12.3. The highest BCUT2D eigenvalue weighted by atomic mass is 35.5. The van der Waals surface area contributed by atoms with E-state index in [4.69, 9.17) is 11.6 Å². The van der Waals surface area contributed by atoms with Crippen LogP contribution in [0.1, 0.15) is 43.9 Å². The molecule has 0 saturated carbocycles. The number of alkyl halides is 1. The highest BCUT2D eigenvalue weighted by Gasteiger charge is 2.21. The van der Waals surface area contributed by atoms with Gasteiger partial charge in [-0.05, 0) is 43.2 Å². The largest absolute Gasteiger partial charge is 0.122 e. The molecule has 0 nitrogen and oxygen atoms in total. The summed E-state index contributed by atoms with van der Waals surface area (Å²) in [7, 11) is 0. The van der Waals surface area contributed by atoms with E-state index < -0.39 is 0 Å². The molecule has 1 aromatic carbocycles. The molecule has 0 N–H and O–H groups in total. The van der Waals surface area contributed by atoms with Gasteiger partial charge in [0.05, 0.1) is 0 Å². The van der Waals surface area contributed by atoms with Crippen LogP contribution in [0, 0.1) is 19.3 Å². The second kappa shape index (κ2) is 5.23. The van der Waals surface area contributed by atoms with Gasteiger partial charge in [0.2, 0.25) is 0 Å². The minimum Gasteiger partial charge on any atom is -0.122 e. The van der Waals surface area contributed by atoms with E-state index in [1.54, 1.807) is 0 Å². The maximum absolute atomic E-state index is 6.39. The molecule has 0 aliphatic rings. The molecule has 0 bridgehead atoms. The molecule has 16 heavy (non-hydrogen) atoms. The van der Waals surface area contributed by atoms with E-state index in [2.05, 4.69) is 52.8 Å². The molecule has 0 saturated heterocycles. The molecule has 0 heterocycles. The van der Waals surface area contributed by atoms with Crippen LogP contribution in [0.15, 0.2) is 18.2 Å². The van der Waals surface area contributed by atoms with Crippen LogP contribution in [0.2, 0.25) is 0 Å². The van der Waals surface area contributed by atoms with Crippen molar-refractivity contribution in [1.82, 2.24) is 0 Å². The molecule has 0 aliphatic heterocycles. The van der Waals surface area contributed by atoms with E-state index >= 15 is 0 Å². The van der Waals surface area contributed by atoms with Gasteiger partial charge in [-0.15, -0.1) is 11.6 Å². The SMILES string of the molecule is Cc1ccc(CCC(Cl)C(C)(C)C)c(C)c1. The highest BCUT2D eigenvalue weighted by Crippen LogP contribution is 2.28. The molecular weight excluding hydrogens is 216 g/mol. The van der Waals surface area contributed by atoms with Gasteiger partial charge < -0.3 is 0 Å². The minimum absolute atomic E-state index is 0.195. The molecule has 1 atom stereocenters. The Morgan fingerprint density at radius 1 is 1.19 bits per heavy atom. The number of rotatable bonds is 3. The van der Waals surface area contributed by atoms with Crippen molar-refractivity contribution in [2.24, 2.45) is 5.41 Å². The van der Waals surface area contributed by atoms with Gasteiger partial charge in [-0.1, -0.05) is 44.5 Å². The first-order valence-electron chi connectivity index (χ1n) is 6.01. The number of halogens is 1. The quantitative estimate of drug-likeness (QED) is 0.658. The fourth-order valence-electron chi connectivity index (χ4n) is 1.84.